The molecule has 0 aromatic carbocycles. The number of aromatic nitrogens is 1. The van der Waals surface area contributed by atoms with Crippen LogP contribution in [0.15, 0.2) is 16.7 Å². The van der Waals surface area contributed by atoms with Gasteiger partial charge in [0.25, 0.3) is 0 Å². The van der Waals surface area contributed by atoms with E-state index in [1.165, 1.54) is 0 Å². The highest BCUT2D eigenvalue weighted by Crippen LogP contribution is 2.18. The van der Waals surface area contributed by atoms with Crippen LogP contribution in [0.25, 0.3) is 0 Å². The molecule has 0 aliphatic carbocycles. The summed E-state index contributed by atoms with van der Waals surface area (Å²) in [6.07, 6.45) is 0. The quantitative estimate of drug-likeness (QED) is 0.631. The van der Waals surface area contributed by atoms with Crippen LogP contribution in [0.1, 0.15) is 11.7 Å². The second-order valence-electron chi connectivity index (χ2n) is 2.35. The van der Waals surface area contributed by atoms with Crippen molar-refractivity contribution in [1.82, 2.24) is 4.98 Å². The van der Waals surface area contributed by atoms with Gasteiger partial charge in [-0.25, -0.2) is 4.98 Å². The lowest BCUT2D eigenvalue weighted by Crippen LogP contribution is -2.21. The average molecular weight is 342 g/mol. The Hall–Kier alpha value is 0.280. The molecule has 0 saturated carbocycles. The topological polar surface area (TPSA) is 64.9 Å². The van der Waals surface area contributed by atoms with Gasteiger partial charge in [-0.3, -0.25) is 0 Å². The lowest BCUT2D eigenvalue weighted by molar-refractivity contribution is 0.708. The molecule has 1 aromatic heterocycles. The zero-order valence-corrected chi connectivity index (χ0v) is 10.0. The van der Waals surface area contributed by atoms with E-state index in [0.717, 1.165) is 13.9 Å². The predicted molar refractivity (Wildman–Crippen MR) is 60.6 cm³/mol. The van der Waals surface area contributed by atoms with Crippen molar-refractivity contribution in [3.05, 3.63) is 26.0 Å². The first-order valence-corrected chi connectivity index (χ1v) is 5.30. The summed E-state index contributed by atoms with van der Waals surface area (Å²) in [6.45, 7) is 0.417. The summed E-state index contributed by atoms with van der Waals surface area (Å²) in [5, 5.41) is 0. The van der Waals surface area contributed by atoms with Crippen molar-refractivity contribution in [1.29, 1.82) is 0 Å². The third-order valence-corrected chi connectivity index (χ3v) is 3.67. The second-order valence-corrected chi connectivity index (χ2v) is 4.26. The maximum absolute atomic E-state index is 5.70. The summed E-state index contributed by atoms with van der Waals surface area (Å²) in [5.74, 6) is 0. The van der Waals surface area contributed by atoms with Crippen molar-refractivity contribution in [2.75, 3.05) is 6.54 Å². The highest BCUT2D eigenvalue weighted by molar-refractivity contribution is 14.1. The summed E-state index contributed by atoms with van der Waals surface area (Å²) in [7, 11) is 0. The Morgan fingerprint density at radius 1 is 1.58 bits per heavy atom. The molecule has 66 valence electrons. The summed E-state index contributed by atoms with van der Waals surface area (Å²) in [6, 6.07) is 3.69. The number of nitrogens with two attached hydrogens (primary N) is 2. The fraction of sp³-hybridized carbons (Fsp3) is 0.286. The number of rotatable bonds is 2. The van der Waals surface area contributed by atoms with Gasteiger partial charge in [0.1, 0.15) is 4.60 Å². The van der Waals surface area contributed by atoms with Crippen LogP contribution >= 0.6 is 38.5 Å². The molecule has 4 N–H and O–H groups in total. The van der Waals surface area contributed by atoms with E-state index in [1.54, 1.807) is 0 Å². The molecule has 0 bridgehead atoms. The Kier molecular flexibility index (Phi) is 3.88. The van der Waals surface area contributed by atoms with E-state index in [0.29, 0.717) is 6.54 Å². The van der Waals surface area contributed by atoms with Gasteiger partial charge < -0.3 is 11.5 Å². The van der Waals surface area contributed by atoms with Crippen LogP contribution in [0.5, 0.6) is 0 Å². The maximum atomic E-state index is 5.70. The maximum Gasteiger partial charge on any atom is 0.119 e. The largest absolute Gasteiger partial charge is 0.329 e. The minimum atomic E-state index is -0.168. The molecule has 0 aliphatic rings. The molecule has 0 amide bonds. The zero-order chi connectivity index (χ0) is 9.14. The molecule has 12 heavy (non-hydrogen) atoms. The lowest BCUT2D eigenvalue weighted by Gasteiger charge is -2.08. The van der Waals surface area contributed by atoms with Crippen LogP contribution < -0.4 is 11.5 Å². The van der Waals surface area contributed by atoms with Gasteiger partial charge >= 0.3 is 0 Å². The van der Waals surface area contributed by atoms with Crippen LogP contribution in [0.3, 0.4) is 0 Å². The van der Waals surface area contributed by atoms with Crippen molar-refractivity contribution in [2.24, 2.45) is 11.5 Å². The fourth-order valence-corrected chi connectivity index (χ4v) is 1.40. The van der Waals surface area contributed by atoms with Gasteiger partial charge in [0.2, 0.25) is 0 Å². The van der Waals surface area contributed by atoms with Crippen LogP contribution in [0, 0.1) is 3.57 Å². The minimum absolute atomic E-state index is 0.168. The number of hydrogen-bond acceptors (Lipinski definition) is 3. The average Bonchev–Trinajstić information content (AvgIpc) is 2.08. The molecule has 0 saturated heterocycles. The number of halogens is 2. The van der Waals surface area contributed by atoms with E-state index >= 15 is 0 Å². The molecule has 0 fully saturated rings. The van der Waals surface area contributed by atoms with E-state index in [9.17, 15) is 0 Å². The van der Waals surface area contributed by atoms with Crippen LogP contribution in [0.4, 0.5) is 0 Å². The van der Waals surface area contributed by atoms with Crippen LogP contribution in [-0.2, 0) is 0 Å². The molecule has 1 heterocycles. The fourth-order valence-electron chi connectivity index (χ4n) is 0.759. The third kappa shape index (κ3) is 2.38. The third-order valence-electron chi connectivity index (χ3n) is 1.46. The van der Waals surface area contributed by atoms with Gasteiger partial charge in [0, 0.05) is 10.1 Å². The monoisotopic (exact) mass is 341 g/mol. The van der Waals surface area contributed by atoms with E-state index in [-0.39, 0.29) is 6.04 Å². The molecule has 1 aromatic rings. The lowest BCUT2D eigenvalue weighted by atomic mass is 10.2. The molecule has 0 aliphatic heterocycles. The Labute approximate surface area is 93.2 Å². The van der Waals surface area contributed by atoms with Gasteiger partial charge in [-0.05, 0) is 50.7 Å². The van der Waals surface area contributed by atoms with E-state index in [2.05, 4.69) is 43.5 Å². The van der Waals surface area contributed by atoms with Crippen molar-refractivity contribution >= 4 is 38.5 Å². The zero-order valence-electron chi connectivity index (χ0n) is 6.30. The Balaban J connectivity index is 2.96. The molecule has 1 atom stereocenters. The van der Waals surface area contributed by atoms with Gasteiger partial charge in [-0.2, -0.15) is 0 Å². The Bertz CT molecular complexity index is 279. The van der Waals surface area contributed by atoms with Gasteiger partial charge in [-0.15, -0.1) is 0 Å². The summed E-state index contributed by atoms with van der Waals surface area (Å²) >= 11 is 5.52. The molecule has 3 nitrogen and oxygen atoms in total. The van der Waals surface area contributed by atoms with Gasteiger partial charge in [0.15, 0.2) is 0 Å². The molecular weight excluding hydrogens is 333 g/mol. The highest BCUT2D eigenvalue weighted by atomic mass is 127. The van der Waals surface area contributed by atoms with Gasteiger partial charge in [-0.1, -0.05) is 0 Å². The molecular formula is C7H9BrIN3. The molecule has 1 rings (SSSR count). The molecule has 0 radical (unpaired) electrons. The van der Waals surface area contributed by atoms with Crippen LogP contribution in [-0.4, -0.2) is 11.5 Å². The predicted octanol–water partition coefficient (Wildman–Crippen LogP) is 1.41. The van der Waals surface area contributed by atoms with Gasteiger partial charge in [0.05, 0.1) is 11.7 Å². The normalized spacial score (nSPS) is 13.0. The number of pyridine rings is 1. The number of hydrogen-bond donors (Lipinski definition) is 2. The van der Waals surface area contributed by atoms with Crippen molar-refractivity contribution < 1.29 is 0 Å². The Morgan fingerprint density at radius 3 is 2.75 bits per heavy atom. The van der Waals surface area contributed by atoms with Crippen molar-refractivity contribution in [3.63, 3.8) is 0 Å². The second kappa shape index (κ2) is 4.50. The van der Waals surface area contributed by atoms with E-state index < -0.39 is 0 Å². The van der Waals surface area contributed by atoms with E-state index in [4.69, 9.17) is 11.5 Å². The highest BCUT2D eigenvalue weighted by Gasteiger charge is 2.06. The van der Waals surface area contributed by atoms with E-state index in [1.807, 2.05) is 12.1 Å². The summed E-state index contributed by atoms with van der Waals surface area (Å²) in [5.41, 5.74) is 11.9. The smallest absolute Gasteiger partial charge is 0.119 e. The number of nitrogens with zero attached hydrogens (tertiary/aromatic N) is 1. The van der Waals surface area contributed by atoms with Crippen LogP contribution in [0.2, 0.25) is 0 Å². The summed E-state index contributed by atoms with van der Waals surface area (Å²) in [4.78, 5) is 4.25. The van der Waals surface area contributed by atoms with Crippen molar-refractivity contribution in [3.8, 4) is 0 Å². The molecule has 5 heteroatoms. The summed E-state index contributed by atoms with van der Waals surface area (Å²) < 4.78 is 1.89. The Morgan fingerprint density at radius 2 is 2.25 bits per heavy atom. The molecule has 0 spiro atoms. The first kappa shape index (κ1) is 10.4. The first-order chi connectivity index (χ1) is 5.65. The SMILES string of the molecule is NC[C@H](N)c1ccc(I)c(Br)n1. The van der Waals surface area contributed by atoms with Crippen molar-refractivity contribution in [2.45, 2.75) is 6.04 Å². The minimum Gasteiger partial charge on any atom is -0.329 e. The first-order valence-electron chi connectivity index (χ1n) is 3.42. The molecule has 0 unspecified atom stereocenters. The standard InChI is InChI=1S/C7H9BrIN3/c8-7-4(9)1-2-6(12-7)5(11)3-10/h1-2,5H,3,10-11H2/t5-/m0/s1.